The Morgan fingerprint density at radius 1 is 1.33 bits per heavy atom. The van der Waals surface area contributed by atoms with E-state index in [1.54, 1.807) is 0 Å². The molecule has 0 aromatic heterocycles. The average Bonchev–Trinajstić information content (AvgIpc) is 2.27. The van der Waals surface area contributed by atoms with Crippen molar-refractivity contribution in [3.63, 3.8) is 0 Å². The number of amides is 1. The van der Waals surface area contributed by atoms with E-state index in [9.17, 15) is 4.79 Å². The molecule has 4 heteroatoms. The van der Waals surface area contributed by atoms with Gasteiger partial charge in [0.25, 0.3) is 0 Å². The van der Waals surface area contributed by atoms with Gasteiger partial charge < -0.3 is 10.1 Å². The molecule has 0 aliphatic heterocycles. The molecule has 0 aliphatic rings. The molecule has 1 N–H and O–H groups in total. The molecule has 0 heterocycles. The minimum Gasteiger partial charge on any atom is -0.494 e. The zero-order valence-corrected chi connectivity index (χ0v) is 12.0. The largest absolute Gasteiger partial charge is 0.494 e. The molecule has 0 saturated carbocycles. The smallest absolute Gasteiger partial charge is 0.242 e. The monoisotopic (exact) mass is 269 g/mol. The van der Waals surface area contributed by atoms with Crippen molar-refractivity contribution in [2.45, 2.75) is 38.6 Å². The zero-order chi connectivity index (χ0) is 13.8. The van der Waals surface area contributed by atoms with Crippen LogP contribution in [0.2, 0.25) is 0 Å². The van der Waals surface area contributed by atoms with Gasteiger partial charge in [-0.05, 0) is 45.4 Å². The molecule has 1 unspecified atom stereocenters. The lowest BCUT2D eigenvalue weighted by molar-refractivity contribution is -0.122. The Kier molecular flexibility index (Phi) is 5.03. The Balaban J connectivity index is 2.71. The van der Waals surface area contributed by atoms with Gasteiger partial charge >= 0.3 is 0 Å². The van der Waals surface area contributed by atoms with E-state index >= 15 is 0 Å². The van der Waals surface area contributed by atoms with Gasteiger partial charge in [-0.15, -0.1) is 11.6 Å². The van der Waals surface area contributed by atoms with Crippen molar-refractivity contribution >= 4 is 17.5 Å². The van der Waals surface area contributed by atoms with Crippen molar-refractivity contribution < 1.29 is 9.53 Å². The number of rotatable bonds is 4. The van der Waals surface area contributed by atoms with Gasteiger partial charge in [0.1, 0.15) is 11.1 Å². The predicted octanol–water partition coefficient (Wildman–Crippen LogP) is 3.28. The quantitative estimate of drug-likeness (QED) is 0.852. The molecular formula is C14H20ClNO2. The number of nitrogens with one attached hydrogen (secondary N) is 1. The fourth-order valence-electron chi connectivity index (χ4n) is 1.48. The third-order valence-corrected chi connectivity index (χ3v) is 2.66. The molecule has 100 valence electrons. The number of ether oxygens (including phenoxy) is 1. The van der Waals surface area contributed by atoms with Crippen LogP contribution in [0.5, 0.6) is 5.75 Å². The Labute approximate surface area is 113 Å². The van der Waals surface area contributed by atoms with Crippen LogP contribution in [0, 0.1) is 0 Å². The summed E-state index contributed by atoms with van der Waals surface area (Å²) in [7, 11) is 0. The molecule has 1 aromatic carbocycles. The molecule has 1 aromatic rings. The lowest BCUT2D eigenvalue weighted by atomic mass is 10.1. The second-order valence-electron chi connectivity index (χ2n) is 5.10. The third kappa shape index (κ3) is 4.57. The van der Waals surface area contributed by atoms with Crippen LogP contribution >= 0.6 is 11.6 Å². The normalized spacial score (nSPS) is 12.9. The van der Waals surface area contributed by atoms with Crippen LogP contribution in [0.25, 0.3) is 0 Å². The molecule has 1 amide bonds. The van der Waals surface area contributed by atoms with Crippen LogP contribution in [-0.2, 0) is 4.79 Å². The summed E-state index contributed by atoms with van der Waals surface area (Å²) in [6, 6.07) is 7.26. The minimum atomic E-state index is -0.681. The third-order valence-electron chi connectivity index (χ3n) is 2.21. The van der Waals surface area contributed by atoms with E-state index in [-0.39, 0.29) is 11.4 Å². The Hall–Kier alpha value is -1.22. The van der Waals surface area contributed by atoms with Crippen LogP contribution in [0.15, 0.2) is 24.3 Å². The van der Waals surface area contributed by atoms with E-state index in [4.69, 9.17) is 16.3 Å². The van der Waals surface area contributed by atoms with Gasteiger partial charge in [0.15, 0.2) is 0 Å². The van der Waals surface area contributed by atoms with Gasteiger partial charge in [-0.25, -0.2) is 0 Å². The molecule has 0 spiro atoms. The van der Waals surface area contributed by atoms with Gasteiger partial charge in [0, 0.05) is 5.54 Å². The van der Waals surface area contributed by atoms with E-state index in [0.717, 1.165) is 11.3 Å². The molecule has 0 bridgehead atoms. The highest BCUT2D eigenvalue weighted by molar-refractivity contribution is 6.30. The van der Waals surface area contributed by atoms with Gasteiger partial charge in [-0.2, -0.15) is 0 Å². The van der Waals surface area contributed by atoms with Gasteiger partial charge in [0.2, 0.25) is 5.91 Å². The van der Waals surface area contributed by atoms with Crippen molar-refractivity contribution in [1.29, 1.82) is 0 Å². The number of benzene rings is 1. The lowest BCUT2D eigenvalue weighted by Gasteiger charge is -2.22. The first-order chi connectivity index (χ1) is 8.33. The van der Waals surface area contributed by atoms with E-state index in [1.165, 1.54) is 0 Å². The topological polar surface area (TPSA) is 38.3 Å². The van der Waals surface area contributed by atoms with Crippen molar-refractivity contribution in [3.8, 4) is 5.75 Å². The number of carbonyl (C=O) groups is 1. The molecule has 0 radical (unpaired) electrons. The summed E-state index contributed by atoms with van der Waals surface area (Å²) in [5.74, 6) is 0.592. The summed E-state index contributed by atoms with van der Waals surface area (Å²) in [5, 5.41) is 2.17. The maximum Gasteiger partial charge on any atom is 0.242 e. The fraction of sp³-hybridized carbons (Fsp3) is 0.500. The molecule has 3 nitrogen and oxygen atoms in total. The predicted molar refractivity (Wildman–Crippen MR) is 74.1 cm³/mol. The first-order valence-corrected chi connectivity index (χ1v) is 6.46. The van der Waals surface area contributed by atoms with Crippen molar-refractivity contribution in [1.82, 2.24) is 5.32 Å². The summed E-state index contributed by atoms with van der Waals surface area (Å²) >= 11 is 6.14. The van der Waals surface area contributed by atoms with Gasteiger partial charge in [0.05, 0.1) is 6.61 Å². The van der Waals surface area contributed by atoms with Crippen LogP contribution in [-0.4, -0.2) is 18.1 Å². The summed E-state index contributed by atoms with van der Waals surface area (Å²) in [4.78, 5) is 11.9. The molecule has 0 fully saturated rings. The molecule has 1 atom stereocenters. The Morgan fingerprint density at radius 3 is 2.33 bits per heavy atom. The second-order valence-corrected chi connectivity index (χ2v) is 5.54. The van der Waals surface area contributed by atoms with Crippen molar-refractivity contribution in [2.75, 3.05) is 6.61 Å². The lowest BCUT2D eigenvalue weighted by Crippen LogP contribution is -2.42. The molecular weight excluding hydrogens is 250 g/mol. The standard InChI is InChI=1S/C14H20ClNO2/c1-5-18-11-8-6-10(7-9-11)12(15)13(17)16-14(2,3)4/h6-9,12H,5H2,1-4H3,(H,16,17). The first-order valence-electron chi connectivity index (χ1n) is 6.02. The first kappa shape index (κ1) is 14.8. The Morgan fingerprint density at radius 2 is 1.89 bits per heavy atom. The van der Waals surface area contributed by atoms with Crippen molar-refractivity contribution in [2.24, 2.45) is 0 Å². The summed E-state index contributed by atoms with van der Waals surface area (Å²) in [6.45, 7) is 8.31. The van der Waals surface area contributed by atoms with E-state index in [1.807, 2.05) is 52.0 Å². The summed E-state index contributed by atoms with van der Waals surface area (Å²) < 4.78 is 5.34. The highest BCUT2D eigenvalue weighted by Gasteiger charge is 2.22. The van der Waals surface area contributed by atoms with Gasteiger partial charge in [-0.3, -0.25) is 4.79 Å². The van der Waals surface area contributed by atoms with Crippen LogP contribution in [0.3, 0.4) is 0 Å². The molecule has 0 aliphatic carbocycles. The average molecular weight is 270 g/mol. The molecule has 0 saturated heterocycles. The molecule has 18 heavy (non-hydrogen) atoms. The number of carbonyl (C=O) groups excluding carboxylic acids is 1. The second kappa shape index (κ2) is 6.10. The van der Waals surface area contributed by atoms with E-state index in [2.05, 4.69) is 5.32 Å². The number of hydrogen-bond acceptors (Lipinski definition) is 2. The maximum atomic E-state index is 11.9. The highest BCUT2D eigenvalue weighted by Crippen LogP contribution is 2.24. The van der Waals surface area contributed by atoms with Crippen LogP contribution in [0.4, 0.5) is 0 Å². The number of alkyl halides is 1. The SMILES string of the molecule is CCOc1ccc(C(Cl)C(=O)NC(C)(C)C)cc1. The maximum absolute atomic E-state index is 11.9. The fourth-order valence-corrected chi connectivity index (χ4v) is 1.68. The van der Waals surface area contributed by atoms with E-state index < -0.39 is 5.38 Å². The van der Waals surface area contributed by atoms with Crippen LogP contribution < -0.4 is 10.1 Å². The van der Waals surface area contributed by atoms with Gasteiger partial charge in [-0.1, -0.05) is 12.1 Å². The van der Waals surface area contributed by atoms with Crippen LogP contribution in [0.1, 0.15) is 38.6 Å². The number of halogens is 1. The zero-order valence-electron chi connectivity index (χ0n) is 11.3. The summed E-state index contributed by atoms with van der Waals surface area (Å²) in [5.41, 5.74) is 0.483. The minimum absolute atomic E-state index is 0.187. The van der Waals surface area contributed by atoms with Crippen molar-refractivity contribution in [3.05, 3.63) is 29.8 Å². The number of hydrogen-bond donors (Lipinski definition) is 1. The highest BCUT2D eigenvalue weighted by atomic mass is 35.5. The Bertz CT molecular complexity index is 395. The molecule has 1 rings (SSSR count). The summed E-state index contributed by atoms with van der Waals surface area (Å²) in [6.07, 6.45) is 0. The van der Waals surface area contributed by atoms with E-state index in [0.29, 0.717) is 6.61 Å².